The SMILES string of the molecule is O=C(C1CCCCC1)C(CN1C(=O)c2ccc([N+](=O)[O-])cc2C1=O)SC(F)(F)F. The molecule has 7 nitrogen and oxygen atoms in total. The van der Waals surface area contributed by atoms with Gasteiger partial charge in [0.2, 0.25) is 0 Å². The van der Waals surface area contributed by atoms with Crippen molar-refractivity contribution in [3.63, 3.8) is 0 Å². The van der Waals surface area contributed by atoms with E-state index in [1.807, 2.05) is 0 Å². The van der Waals surface area contributed by atoms with Gasteiger partial charge in [0.05, 0.1) is 21.3 Å². The standard InChI is InChI=1S/C18H17F3N2O5S/c19-18(20,21)29-14(15(24)10-4-2-1-3-5-10)9-22-16(25)12-7-6-11(23(27)28)8-13(12)17(22)26/h6-8,10,14H,1-5,9H2. The molecule has 0 bridgehead atoms. The first kappa shape index (κ1) is 21.3. The fourth-order valence-corrected chi connectivity index (χ4v) is 4.58. The van der Waals surface area contributed by atoms with Crippen molar-refractivity contribution in [1.29, 1.82) is 0 Å². The summed E-state index contributed by atoms with van der Waals surface area (Å²) in [5.74, 6) is -2.93. The smallest absolute Gasteiger partial charge is 0.298 e. The van der Waals surface area contributed by atoms with Gasteiger partial charge >= 0.3 is 5.51 Å². The zero-order valence-electron chi connectivity index (χ0n) is 15.1. The maximum Gasteiger partial charge on any atom is 0.442 e. The Bertz CT molecular complexity index is 868. The van der Waals surface area contributed by atoms with E-state index in [0.717, 1.165) is 37.5 Å². The second kappa shape index (κ2) is 8.13. The molecule has 0 aromatic heterocycles. The minimum Gasteiger partial charge on any atom is -0.298 e. The van der Waals surface area contributed by atoms with Gasteiger partial charge in [-0.25, -0.2) is 0 Å². The van der Waals surface area contributed by atoms with Gasteiger partial charge in [0.15, 0.2) is 5.78 Å². The maximum absolute atomic E-state index is 13.1. The lowest BCUT2D eigenvalue weighted by Crippen LogP contribution is -2.42. The minimum atomic E-state index is -4.72. The van der Waals surface area contributed by atoms with Gasteiger partial charge in [-0.1, -0.05) is 19.3 Å². The molecule has 156 valence electrons. The summed E-state index contributed by atoms with van der Waals surface area (Å²) in [7, 11) is 0. The summed E-state index contributed by atoms with van der Waals surface area (Å²) in [5.41, 5.74) is -5.50. The van der Waals surface area contributed by atoms with Crippen LogP contribution in [0.4, 0.5) is 18.9 Å². The average molecular weight is 430 g/mol. The van der Waals surface area contributed by atoms with Crippen LogP contribution in [0.25, 0.3) is 0 Å². The molecule has 1 fully saturated rings. The van der Waals surface area contributed by atoms with Crippen LogP contribution >= 0.6 is 11.8 Å². The number of carbonyl (C=O) groups is 3. The van der Waals surface area contributed by atoms with Crippen LogP contribution in [0.1, 0.15) is 52.8 Å². The number of rotatable bonds is 6. The van der Waals surface area contributed by atoms with Crippen molar-refractivity contribution in [2.75, 3.05) is 6.54 Å². The minimum absolute atomic E-state index is 0.124. The lowest BCUT2D eigenvalue weighted by Gasteiger charge is -2.27. The van der Waals surface area contributed by atoms with E-state index in [1.165, 1.54) is 0 Å². The molecule has 2 amide bonds. The fourth-order valence-electron chi connectivity index (χ4n) is 3.72. The Hall–Kier alpha value is -2.43. The van der Waals surface area contributed by atoms with Crippen molar-refractivity contribution in [2.45, 2.75) is 42.9 Å². The molecule has 1 atom stereocenters. The van der Waals surface area contributed by atoms with Crippen LogP contribution in [0.15, 0.2) is 18.2 Å². The second-order valence-corrected chi connectivity index (χ2v) is 8.27. The quantitative estimate of drug-likeness (QED) is 0.385. The summed E-state index contributed by atoms with van der Waals surface area (Å²) in [6, 6.07) is 3.07. The van der Waals surface area contributed by atoms with E-state index < -0.39 is 63.2 Å². The summed E-state index contributed by atoms with van der Waals surface area (Å²) >= 11 is -0.523. The third kappa shape index (κ3) is 4.60. The first-order valence-corrected chi connectivity index (χ1v) is 9.89. The normalized spacial score (nSPS) is 18.7. The van der Waals surface area contributed by atoms with Crippen molar-refractivity contribution in [2.24, 2.45) is 5.92 Å². The Morgan fingerprint density at radius 1 is 1.17 bits per heavy atom. The third-order valence-electron chi connectivity index (χ3n) is 5.11. The lowest BCUT2D eigenvalue weighted by atomic mass is 9.85. The summed E-state index contributed by atoms with van der Waals surface area (Å²) in [4.78, 5) is 48.6. The number of ketones is 1. The molecular formula is C18H17F3N2O5S. The number of halogens is 3. The van der Waals surface area contributed by atoms with Crippen LogP contribution in [0.2, 0.25) is 0 Å². The Kier molecular flexibility index (Phi) is 5.97. The van der Waals surface area contributed by atoms with Crippen molar-refractivity contribution < 1.29 is 32.5 Å². The number of fused-ring (bicyclic) bond motifs is 1. The van der Waals surface area contributed by atoms with Gasteiger partial charge < -0.3 is 0 Å². The molecule has 0 radical (unpaired) electrons. The summed E-state index contributed by atoms with van der Waals surface area (Å²) in [6.45, 7) is -0.723. The maximum atomic E-state index is 13.1. The highest BCUT2D eigenvalue weighted by Gasteiger charge is 2.44. The Morgan fingerprint density at radius 3 is 2.38 bits per heavy atom. The predicted molar refractivity (Wildman–Crippen MR) is 97.5 cm³/mol. The first-order valence-electron chi connectivity index (χ1n) is 9.01. The van der Waals surface area contributed by atoms with Gasteiger partial charge in [-0.05, 0) is 30.7 Å². The molecule has 1 unspecified atom stereocenters. The number of nitro benzene ring substituents is 1. The monoisotopic (exact) mass is 430 g/mol. The molecule has 1 heterocycles. The van der Waals surface area contributed by atoms with Crippen LogP contribution in [0.5, 0.6) is 0 Å². The van der Waals surface area contributed by atoms with Gasteiger partial charge in [-0.3, -0.25) is 29.4 Å². The molecule has 0 N–H and O–H groups in total. The number of hydrogen-bond donors (Lipinski definition) is 0. The van der Waals surface area contributed by atoms with Crippen molar-refractivity contribution >= 4 is 35.0 Å². The van der Waals surface area contributed by atoms with E-state index in [0.29, 0.717) is 17.7 Å². The highest BCUT2D eigenvalue weighted by Crippen LogP contribution is 2.38. The van der Waals surface area contributed by atoms with Gasteiger partial charge in [-0.2, -0.15) is 13.2 Å². The summed E-state index contributed by atoms with van der Waals surface area (Å²) < 4.78 is 39.2. The number of nitrogens with zero attached hydrogens (tertiary/aromatic N) is 2. The van der Waals surface area contributed by atoms with E-state index in [2.05, 4.69) is 0 Å². The zero-order chi connectivity index (χ0) is 21.3. The number of imide groups is 1. The molecule has 1 aromatic rings. The zero-order valence-corrected chi connectivity index (χ0v) is 15.9. The summed E-state index contributed by atoms with van der Waals surface area (Å²) in [6.07, 6.45) is 3.38. The van der Waals surface area contributed by atoms with Gasteiger partial charge in [-0.15, -0.1) is 0 Å². The van der Waals surface area contributed by atoms with E-state index >= 15 is 0 Å². The molecule has 1 aromatic carbocycles. The third-order valence-corrected chi connectivity index (χ3v) is 6.05. The van der Waals surface area contributed by atoms with Crippen LogP contribution in [-0.4, -0.2) is 44.7 Å². The first-order chi connectivity index (χ1) is 13.6. The van der Waals surface area contributed by atoms with Crippen LogP contribution in [0.3, 0.4) is 0 Å². The topological polar surface area (TPSA) is 97.6 Å². The molecule has 1 saturated carbocycles. The molecule has 1 aliphatic heterocycles. The van der Waals surface area contributed by atoms with Crippen molar-refractivity contribution in [1.82, 2.24) is 4.90 Å². The molecule has 11 heteroatoms. The molecule has 1 aliphatic carbocycles. The Labute approximate surface area is 167 Å². The highest BCUT2D eigenvalue weighted by atomic mass is 32.2. The van der Waals surface area contributed by atoms with Gasteiger partial charge in [0.25, 0.3) is 17.5 Å². The van der Waals surface area contributed by atoms with E-state index in [9.17, 15) is 37.7 Å². The number of alkyl halides is 3. The average Bonchev–Trinajstić information content (AvgIpc) is 2.91. The molecule has 3 rings (SSSR count). The second-order valence-electron chi connectivity index (χ2n) is 7.00. The number of benzene rings is 1. The largest absolute Gasteiger partial charge is 0.442 e. The Balaban J connectivity index is 1.85. The molecule has 0 spiro atoms. The van der Waals surface area contributed by atoms with Gasteiger partial charge in [0, 0.05) is 24.6 Å². The highest BCUT2D eigenvalue weighted by molar-refractivity contribution is 8.01. The molecule has 29 heavy (non-hydrogen) atoms. The number of amides is 2. The Morgan fingerprint density at radius 2 is 1.79 bits per heavy atom. The van der Waals surface area contributed by atoms with Crippen molar-refractivity contribution in [3.8, 4) is 0 Å². The fraction of sp³-hybridized carbons (Fsp3) is 0.500. The number of thioether (sulfide) groups is 1. The van der Waals surface area contributed by atoms with Crippen LogP contribution < -0.4 is 0 Å². The lowest BCUT2D eigenvalue weighted by molar-refractivity contribution is -0.384. The van der Waals surface area contributed by atoms with Crippen LogP contribution in [0, 0.1) is 16.0 Å². The number of Topliss-reactive ketones (excluding diaryl/α,β-unsaturated/α-hetero) is 1. The molecule has 2 aliphatic rings. The number of non-ortho nitro benzene ring substituents is 1. The van der Waals surface area contributed by atoms with E-state index in [4.69, 9.17) is 0 Å². The summed E-state index contributed by atoms with van der Waals surface area (Å²) in [5, 5.41) is 9.26. The van der Waals surface area contributed by atoms with Gasteiger partial charge in [0.1, 0.15) is 0 Å². The number of nitro groups is 1. The van der Waals surface area contributed by atoms with E-state index in [1.54, 1.807) is 0 Å². The van der Waals surface area contributed by atoms with E-state index in [-0.39, 0.29) is 11.1 Å². The molecular weight excluding hydrogens is 413 g/mol. The predicted octanol–water partition coefficient (Wildman–Crippen LogP) is 3.96. The number of hydrogen-bond acceptors (Lipinski definition) is 6. The van der Waals surface area contributed by atoms with Crippen molar-refractivity contribution in [3.05, 3.63) is 39.4 Å². The van der Waals surface area contributed by atoms with Crippen LogP contribution in [-0.2, 0) is 4.79 Å². The number of carbonyl (C=O) groups excluding carboxylic acids is 3. The molecule has 0 saturated heterocycles.